The van der Waals surface area contributed by atoms with Crippen LogP contribution in [0.3, 0.4) is 0 Å². The van der Waals surface area contributed by atoms with Gasteiger partial charge in [0, 0.05) is 26.2 Å². The molecule has 0 N–H and O–H groups in total. The monoisotopic (exact) mass is 190 g/mol. The molecule has 0 amide bonds. The second kappa shape index (κ2) is 9.96. The average molecular weight is 190 g/mol. The Morgan fingerprint density at radius 2 is 1.54 bits per heavy atom. The van der Waals surface area contributed by atoms with Crippen molar-refractivity contribution >= 4 is 0 Å². The first-order valence-corrected chi connectivity index (χ1v) is 5.16. The highest BCUT2D eigenvalue weighted by molar-refractivity contribution is 4.44. The number of ether oxygens (including phenoxy) is 3. The Bertz CT molecular complexity index is 90.2. The molecule has 0 aromatic heterocycles. The van der Waals surface area contributed by atoms with Gasteiger partial charge in [-0.3, -0.25) is 0 Å². The third-order valence-corrected chi connectivity index (χ3v) is 1.55. The predicted octanol–water partition coefficient (Wildman–Crippen LogP) is 2.20. The van der Waals surface area contributed by atoms with Crippen molar-refractivity contribution < 1.29 is 14.2 Å². The van der Waals surface area contributed by atoms with Gasteiger partial charge in [0.1, 0.15) is 0 Å². The summed E-state index contributed by atoms with van der Waals surface area (Å²) in [5.41, 5.74) is 0. The Morgan fingerprint density at radius 3 is 2.00 bits per heavy atom. The Balaban J connectivity index is 3.33. The fourth-order valence-corrected chi connectivity index (χ4v) is 1.01. The number of hydrogen-bond donors (Lipinski definition) is 0. The second-order valence-corrected chi connectivity index (χ2v) is 2.74. The highest BCUT2D eigenvalue weighted by Gasteiger charge is 2.06. The summed E-state index contributed by atoms with van der Waals surface area (Å²) in [4.78, 5) is 0. The van der Waals surface area contributed by atoms with Gasteiger partial charge in [-0.1, -0.05) is 6.92 Å². The number of hydrogen-bond acceptors (Lipinski definition) is 3. The van der Waals surface area contributed by atoms with Crippen molar-refractivity contribution in [1.29, 1.82) is 0 Å². The zero-order valence-corrected chi connectivity index (χ0v) is 9.04. The number of rotatable bonds is 9. The summed E-state index contributed by atoms with van der Waals surface area (Å²) in [6.45, 7) is 8.97. The summed E-state index contributed by atoms with van der Waals surface area (Å²) >= 11 is 0. The smallest absolute Gasteiger partial charge is 0.159 e. The normalized spacial score (nSPS) is 11.1. The molecule has 0 saturated heterocycles. The first-order chi connectivity index (χ1) is 6.35. The molecule has 0 rings (SSSR count). The summed E-state index contributed by atoms with van der Waals surface area (Å²) in [5, 5.41) is 0. The van der Waals surface area contributed by atoms with Crippen molar-refractivity contribution in [1.82, 2.24) is 0 Å². The minimum absolute atomic E-state index is 0.0909. The van der Waals surface area contributed by atoms with Gasteiger partial charge >= 0.3 is 0 Å². The highest BCUT2D eigenvalue weighted by Crippen LogP contribution is 2.01. The lowest BCUT2D eigenvalue weighted by molar-refractivity contribution is -0.146. The Kier molecular flexibility index (Phi) is 9.87. The molecule has 0 aromatic rings. The molecule has 0 aromatic carbocycles. The molecule has 3 nitrogen and oxygen atoms in total. The molecule has 0 aliphatic heterocycles. The molecule has 0 bridgehead atoms. The SMILES string of the molecule is CCCOCCC(OCC)OCC. The van der Waals surface area contributed by atoms with E-state index in [1.807, 2.05) is 13.8 Å². The van der Waals surface area contributed by atoms with Crippen LogP contribution in [-0.4, -0.2) is 32.7 Å². The van der Waals surface area contributed by atoms with Crippen molar-refractivity contribution in [3.63, 3.8) is 0 Å². The standard InChI is InChI=1S/C10H22O3/c1-4-8-11-9-7-10(12-5-2)13-6-3/h10H,4-9H2,1-3H3. The summed E-state index contributed by atoms with van der Waals surface area (Å²) < 4.78 is 16.1. The summed E-state index contributed by atoms with van der Waals surface area (Å²) in [7, 11) is 0. The average Bonchev–Trinajstić information content (AvgIpc) is 2.13. The van der Waals surface area contributed by atoms with E-state index in [0.717, 1.165) is 26.1 Å². The lowest BCUT2D eigenvalue weighted by Gasteiger charge is -2.16. The van der Waals surface area contributed by atoms with Crippen LogP contribution in [0.2, 0.25) is 0 Å². The fraction of sp³-hybridized carbons (Fsp3) is 1.00. The summed E-state index contributed by atoms with van der Waals surface area (Å²) in [5.74, 6) is 0. The third-order valence-electron chi connectivity index (χ3n) is 1.55. The van der Waals surface area contributed by atoms with Crippen LogP contribution in [0.1, 0.15) is 33.6 Å². The van der Waals surface area contributed by atoms with Gasteiger partial charge in [-0.2, -0.15) is 0 Å². The van der Waals surface area contributed by atoms with Gasteiger partial charge < -0.3 is 14.2 Å². The molecule has 0 atom stereocenters. The first-order valence-electron chi connectivity index (χ1n) is 5.16. The van der Waals surface area contributed by atoms with Gasteiger partial charge in [0.2, 0.25) is 0 Å². The van der Waals surface area contributed by atoms with E-state index in [0.29, 0.717) is 13.2 Å². The van der Waals surface area contributed by atoms with Gasteiger partial charge in [0.05, 0.1) is 6.61 Å². The fourth-order valence-electron chi connectivity index (χ4n) is 1.01. The predicted molar refractivity (Wildman–Crippen MR) is 52.8 cm³/mol. The Hall–Kier alpha value is -0.120. The Labute approximate surface area is 81.4 Å². The van der Waals surface area contributed by atoms with Crippen LogP contribution < -0.4 is 0 Å². The van der Waals surface area contributed by atoms with Crippen LogP contribution in [0, 0.1) is 0 Å². The van der Waals surface area contributed by atoms with E-state index in [1.165, 1.54) is 0 Å². The van der Waals surface area contributed by atoms with Gasteiger partial charge in [0.15, 0.2) is 6.29 Å². The van der Waals surface area contributed by atoms with E-state index in [4.69, 9.17) is 14.2 Å². The van der Waals surface area contributed by atoms with Crippen LogP contribution in [0.25, 0.3) is 0 Å². The minimum atomic E-state index is -0.0909. The third kappa shape index (κ3) is 8.22. The van der Waals surface area contributed by atoms with Gasteiger partial charge in [-0.05, 0) is 20.3 Å². The van der Waals surface area contributed by atoms with Gasteiger partial charge in [-0.25, -0.2) is 0 Å². The quantitative estimate of drug-likeness (QED) is 0.412. The zero-order valence-electron chi connectivity index (χ0n) is 9.04. The molecule has 0 aliphatic carbocycles. The van der Waals surface area contributed by atoms with Crippen molar-refractivity contribution in [3.05, 3.63) is 0 Å². The maximum Gasteiger partial charge on any atom is 0.159 e. The van der Waals surface area contributed by atoms with E-state index in [-0.39, 0.29) is 6.29 Å². The highest BCUT2D eigenvalue weighted by atomic mass is 16.7. The van der Waals surface area contributed by atoms with E-state index >= 15 is 0 Å². The van der Waals surface area contributed by atoms with Gasteiger partial charge in [0.25, 0.3) is 0 Å². The van der Waals surface area contributed by atoms with Crippen LogP contribution in [-0.2, 0) is 14.2 Å². The van der Waals surface area contributed by atoms with Crippen molar-refractivity contribution in [2.75, 3.05) is 26.4 Å². The maximum absolute atomic E-state index is 5.36. The summed E-state index contributed by atoms with van der Waals surface area (Å²) in [6, 6.07) is 0. The molecule has 0 spiro atoms. The lowest BCUT2D eigenvalue weighted by Crippen LogP contribution is -2.19. The molecule has 3 heteroatoms. The molecular weight excluding hydrogens is 168 g/mol. The van der Waals surface area contributed by atoms with Gasteiger partial charge in [-0.15, -0.1) is 0 Å². The molecule has 0 heterocycles. The topological polar surface area (TPSA) is 27.7 Å². The summed E-state index contributed by atoms with van der Waals surface area (Å²) in [6.07, 6.45) is 1.79. The lowest BCUT2D eigenvalue weighted by atomic mass is 10.4. The molecule has 0 fully saturated rings. The van der Waals surface area contributed by atoms with E-state index in [1.54, 1.807) is 0 Å². The van der Waals surface area contributed by atoms with E-state index in [9.17, 15) is 0 Å². The molecule has 0 unspecified atom stereocenters. The largest absolute Gasteiger partial charge is 0.381 e. The molecule has 0 aliphatic rings. The van der Waals surface area contributed by atoms with E-state index < -0.39 is 0 Å². The van der Waals surface area contributed by atoms with Crippen molar-refractivity contribution in [2.45, 2.75) is 39.9 Å². The van der Waals surface area contributed by atoms with Crippen LogP contribution >= 0.6 is 0 Å². The molecule has 13 heavy (non-hydrogen) atoms. The van der Waals surface area contributed by atoms with Crippen LogP contribution in [0.4, 0.5) is 0 Å². The van der Waals surface area contributed by atoms with E-state index in [2.05, 4.69) is 6.92 Å². The van der Waals surface area contributed by atoms with Crippen LogP contribution in [0.15, 0.2) is 0 Å². The van der Waals surface area contributed by atoms with Crippen molar-refractivity contribution in [3.8, 4) is 0 Å². The molecule has 80 valence electrons. The molecule has 0 radical (unpaired) electrons. The second-order valence-electron chi connectivity index (χ2n) is 2.74. The maximum atomic E-state index is 5.36. The first kappa shape index (κ1) is 12.9. The Morgan fingerprint density at radius 1 is 0.923 bits per heavy atom. The zero-order chi connectivity index (χ0) is 9.94. The molecular formula is C10H22O3. The molecule has 0 saturated carbocycles. The minimum Gasteiger partial charge on any atom is -0.381 e. The van der Waals surface area contributed by atoms with Crippen LogP contribution in [0.5, 0.6) is 0 Å². The van der Waals surface area contributed by atoms with Crippen molar-refractivity contribution in [2.24, 2.45) is 0 Å².